The molecule has 1 aromatic carbocycles. The minimum atomic E-state index is -0.479. The van der Waals surface area contributed by atoms with Crippen molar-refractivity contribution in [3.8, 4) is 0 Å². The summed E-state index contributed by atoms with van der Waals surface area (Å²) in [5, 5.41) is 0.741. The maximum atomic E-state index is 12.5. The molecule has 0 bridgehead atoms. The van der Waals surface area contributed by atoms with Crippen molar-refractivity contribution in [3.63, 3.8) is 0 Å². The molecule has 0 unspecified atom stereocenters. The van der Waals surface area contributed by atoms with Gasteiger partial charge in [0.25, 0.3) is 5.91 Å². The number of piperidine rings is 1. The second-order valence-electron chi connectivity index (χ2n) is 7.15. The molecule has 1 aliphatic heterocycles. The number of amides is 1. The number of ether oxygens (including phenoxy) is 1. The molecule has 2 atom stereocenters. The van der Waals surface area contributed by atoms with Crippen LogP contribution in [0.4, 0.5) is 0 Å². The first-order valence-electron chi connectivity index (χ1n) is 8.75. The molecule has 0 radical (unpaired) electrons. The fourth-order valence-corrected chi connectivity index (χ4v) is 3.64. The molecule has 132 valence electrons. The van der Waals surface area contributed by atoms with Crippen molar-refractivity contribution >= 4 is 22.8 Å². The van der Waals surface area contributed by atoms with Gasteiger partial charge in [-0.15, -0.1) is 0 Å². The van der Waals surface area contributed by atoms with Crippen molar-refractivity contribution in [3.05, 3.63) is 41.6 Å². The number of likely N-dealkylation sites (tertiary alicyclic amines) is 1. The number of hydrogen-bond donors (Lipinski definition) is 0. The zero-order valence-corrected chi connectivity index (χ0v) is 15.0. The Morgan fingerprint density at radius 2 is 1.88 bits per heavy atom. The van der Waals surface area contributed by atoms with Gasteiger partial charge in [-0.2, -0.15) is 0 Å². The Kier molecular flexibility index (Phi) is 5.02. The van der Waals surface area contributed by atoms with Crippen LogP contribution in [0.1, 0.15) is 36.3 Å². The smallest absolute Gasteiger partial charge is 0.339 e. The molecule has 5 nitrogen and oxygen atoms in total. The standard InChI is InChI=1S/C20H24N2O3/c1-13-8-14(2)11-22(10-13)19(23)12-25-20(24)17-9-15(3)21-18-7-5-4-6-16(17)18/h4-7,9,13-14H,8,10-12H2,1-3H3/t13-,14+. The van der Waals surface area contributed by atoms with E-state index < -0.39 is 5.97 Å². The summed E-state index contributed by atoms with van der Waals surface area (Å²) >= 11 is 0. The topological polar surface area (TPSA) is 59.5 Å². The predicted octanol–water partition coefficient (Wildman–Crippen LogP) is 3.20. The summed E-state index contributed by atoms with van der Waals surface area (Å²) in [5.74, 6) is 0.361. The van der Waals surface area contributed by atoms with Gasteiger partial charge in [0, 0.05) is 24.2 Å². The highest BCUT2D eigenvalue weighted by molar-refractivity contribution is 6.04. The number of esters is 1. The third-order valence-corrected chi connectivity index (χ3v) is 4.61. The molecule has 1 fully saturated rings. The van der Waals surface area contributed by atoms with Crippen LogP contribution in [-0.4, -0.2) is 41.5 Å². The molecule has 0 N–H and O–H groups in total. The number of aromatic nitrogens is 1. The van der Waals surface area contributed by atoms with Gasteiger partial charge in [-0.3, -0.25) is 9.78 Å². The molecule has 0 spiro atoms. The van der Waals surface area contributed by atoms with Crippen molar-refractivity contribution < 1.29 is 14.3 Å². The molecule has 2 heterocycles. The number of pyridine rings is 1. The van der Waals surface area contributed by atoms with E-state index in [0.717, 1.165) is 36.1 Å². The lowest BCUT2D eigenvalue weighted by molar-refractivity contribution is -0.137. The molecule has 0 aliphatic carbocycles. The average molecular weight is 340 g/mol. The molecule has 1 saturated heterocycles. The molecule has 1 aromatic heterocycles. The number of aryl methyl sites for hydroxylation is 1. The highest BCUT2D eigenvalue weighted by atomic mass is 16.5. The van der Waals surface area contributed by atoms with Crippen LogP contribution < -0.4 is 0 Å². The third-order valence-electron chi connectivity index (χ3n) is 4.61. The summed E-state index contributed by atoms with van der Waals surface area (Å²) in [6, 6.07) is 9.15. The van der Waals surface area contributed by atoms with Crippen LogP contribution in [0.5, 0.6) is 0 Å². The largest absolute Gasteiger partial charge is 0.452 e. The van der Waals surface area contributed by atoms with E-state index in [1.54, 1.807) is 6.07 Å². The van der Waals surface area contributed by atoms with E-state index in [1.807, 2.05) is 36.1 Å². The summed E-state index contributed by atoms with van der Waals surface area (Å²) in [7, 11) is 0. The monoisotopic (exact) mass is 340 g/mol. The van der Waals surface area contributed by atoms with E-state index in [4.69, 9.17) is 4.74 Å². The highest BCUT2D eigenvalue weighted by Crippen LogP contribution is 2.22. The predicted molar refractivity (Wildman–Crippen MR) is 96.3 cm³/mol. The van der Waals surface area contributed by atoms with Crippen LogP contribution in [0.3, 0.4) is 0 Å². The van der Waals surface area contributed by atoms with Gasteiger partial charge in [0.2, 0.25) is 0 Å². The van der Waals surface area contributed by atoms with Crippen LogP contribution >= 0.6 is 0 Å². The van der Waals surface area contributed by atoms with Crippen molar-refractivity contribution in [2.45, 2.75) is 27.2 Å². The zero-order valence-electron chi connectivity index (χ0n) is 15.0. The summed E-state index contributed by atoms with van der Waals surface area (Å²) < 4.78 is 5.32. The fourth-order valence-electron chi connectivity index (χ4n) is 3.64. The van der Waals surface area contributed by atoms with Crippen LogP contribution in [0.25, 0.3) is 10.9 Å². The molecule has 1 aliphatic rings. The fraction of sp³-hybridized carbons (Fsp3) is 0.450. The van der Waals surface area contributed by atoms with Gasteiger partial charge in [-0.05, 0) is 37.3 Å². The second kappa shape index (κ2) is 7.21. The molecule has 25 heavy (non-hydrogen) atoms. The number of rotatable bonds is 3. The van der Waals surface area contributed by atoms with E-state index in [1.165, 1.54) is 0 Å². The van der Waals surface area contributed by atoms with Gasteiger partial charge in [0.05, 0.1) is 11.1 Å². The Balaban J connectivity index is 1.70. The second-order valence-corrected chi connectivity index (χ2v) is 7.15. The molecule has 2 aromatic rings. The van der Waals surface area contributed by atoms with Crippen molar-refractivity contribution in [2.75, 3.05) is 19.7 Å². The molecular weight excluding hydrogens is 316 g/mol. The maximum absolute atomic E-state index is 12.5. The van der Waals surface area contributed by atoms with Crippen LogP contribution in [0.15, 0.2) is 30.3 Å². The SMILES string of the molecule is Cc1cc(C(=O)OCC(=O)N2C[C@H](C)C[C@H](C)C2)c2ccccc2n1. The Hall–Kier alpha value is -2.43. The van der Waals surface area contributed by atoms with Crippen LogP contribution in [0.2, 0.25) is 0 Å². The quantitative estimate of drug-likeness (QED) is 0.805. The Labute approximate surface area is 148 Å². The van der Waals surface area contributed by atoms with Crippen molar-refractivity contribution in [1.29, 1.82) is 0 Å². The lowest BCUT2D eigenvalue weighted by atomic mass is 9.92. The van der Waals surface area contributed by atoms with Crippen molar-refractivity contribution in [2.24, 2.45) is 11.8 Å². The minimum absolute atomic E-state index is 0.123. The number of benzene rings is 1. The van der Waals surface area contributed by atoms with E-state index in [2.05, 4.69) is 18.8 Å². The maximum Gasteiger partial charge on any atom is 0.339 e. The number of hydrogen-bond acceptors (Lipinski definition) is 4. The van der Waals surface area contributed by atoms with Gasteiger partial charge < -0.3 is 9.64 Å². The van der Waals surface area contributed by atoms with Crippen LogP contribution in [0, 0.1) is 18.8 Å². The first-order valence-corrected chi connectivity index (χ1v) is 8.75. The van der Waals surface area contributed by atoms with Gasteiger partial charge in [0.1, 0.15) is 0 Å². The molecule has 0 saturated carbocycles. The Bertz CT molecular complexity index is 793. The summed E-state index contributed by atoms with van der Waals surface area (Å²) in [6.45, 7) is 7.39. The molecule has 5 heteroatoms. The lowest BCUT2D eigenvalue weighted by Crippen LogP contribution is -2.44. The van der Waals surface area contributed by atoms with Gasteiger partial charge in [-0.1, -0.05) is 32.0 Å². The Morgan fingerprint density at radius 1 is 1.20 bits per heavy atom. The number of carbonyl (C=O) groups is 2. The molecule has 3 rings (SSSR count). The third kappa shape index (κ3) is 3.98. The summed E-state index contributed by atoms with van der Waals surface area (Å²) in [4.78, 5) is 31.1. The van der Waals surface area contributed by atoms with Crippen LogP contribution in [-0.2, 0) is 9.53 Å². The first kappa shape index (κ1) is 17.4. The zero-order chi connectivity index (χ0) is 18.0. The Morgan fingerprint density at radius 3 is 2.60 bits per heavy atom. The summed E-state index contributed by atoms with van der Waals surface area (Å²) in [6.07, 6.45) is 1.13. The van der Waals surface area contributed by atoms with E-state index >= 15 is 0 Å². The number of fused-ring (bicyclic) bond motifs is 1. The number of nitrogens with zero attached hydrogens (tertiary/aromatic N) is 2. The molecular formula is C20H24N2O3. The minimum Gasteiger partial charge on any atom is -0.452 e. The summed E-state index contributed by atoms with van der Waals surface area (Å²) in [5.41, 5.74) is 1.95. The van der Waals surface area contributed by atoms with E-state index in [0.29, 0.717) is 17.4 Å². The number of para-hydroxylation sites is 1. The van der Waals surface area contributed by atoms with E-state index in [-0.39, 0.29) is 12.5 Å². The number of carbonyl (C=O) groups excluding carboxylic acids is 2. The first-order chi connectivity index (χ1) is 11.9. The average Bonchev–Trinajstić information content (AvgIpc) is 2.57. The van der Waals surface area contributed by atoms with E-state index in [9.17, 15) is 9.59 Å². The van der Waals surface area contributed by atoms with Gasteiger partial charge in [0.15, 0.2) is 6.61 Å². The van der Waals surface area contributed by atoms with Gasteiger partial charge in [-0.25, -0.2) is 4.79 Å². The van der Waals surface area contributed by atoms with Gasteiger partial charge >= 0.3 is 5.97 Å². The lowest BCUT2D eigenvalue weighted by Gasteiger charge is -2.34. The normalized spacial score (nSPS) is 20.5. The van der Waals surface area contributed by atoms with Crippen molar-refractivity contribution in [1.82, 2.24) is 9.88 Å². The highest BCUT2D eigenvalue weighted by Gasteiger charge is 2.26. The molecule has 1 amide bonds.